The molecule has 3 nitrogen and oxygen atoms in total. The van der Waals surface area contributed by atoms with Gasteiger partial charge in [-0.15, -0.1) is 0 Å². The molecule has 1 aliphatic heterocycles. The van der Waals surface area contributed by atoms with Gasteiger partial charge in [0.05, 0.1) is 13.2 Å². The normalized spacial score (nSPS) is 22.4. The van der Waals surface area contributed by atoms with Crippen LogP contribution in [0.3, 0.4) is 0 Å². The molecule has 1 aromatic rings. The summed E-state index contributed by atoms with van der Waals surface area (Å²) < 4.78 is 5.51. The van der Waals surface area contributed by atoms with Gasteiger partial charge in [-0.3, -0.25) is 4.90 Å². The first kappa shape index (κ1) is 14.5. The van der Waals surface area contributed by atoms with E-state index in [4.69, 9.17) is 4.74 Å². The van der Waals surface area contributed by atoms with E-state index in [-0.39, 0.29) is 0 Å². The monoisotopic (exact) mass is 262 g/mol. The minimum absolute atomic E-state index is 0.390. The number of benzene rings is 1. The third kappa shape index (κ3) is 3.56. The molecule has 1 aromatic carbocycles. The quantitative estimate of drug-likeness (QED) is 0.901. The molecule has 0 spiro atoms. The first-order valence-electron chi connectivity index (χ1n) is 7.18. The molecule has 19 heavy (non-hydrogen) atoms. The summed E-state index contributed by atoms with van der Waals surface area (Å²) in [6, 6.07) is 7.63. The molecule has 2 atom stereocenters. The number of rotatable bonds is 4. The summed E-state index contributed by atoms with van der Waals surface area (Å²) in [5.74, 6) is 0. The number of hydrogen-bond donors (Lipinski definition) is 1. The molecule has 0 amide bonds. The van der Waals surface area contributed by atoms with Gasteiger partial charge in [0, 0.05) is 25.2 Å². The summed E-state index contributed by atoms with van der Waals surface area (Å²) in [6.07, 6.45) is 0. The first-order valence-corrected chi connectivity index (χ1v) is 7.18. The van der Waals surface area contributed by atoms with Gasteiger partial charge in [0.25, 0.3) is 0 Å². The van der Waals surface area contributed by atoms with E-state index in [0.29, 0.717) is 12.1 Å². The second-order valence-electron chi connectivity index (χ2n) is 5.62. The Hall–Kier alpha value is -0.900. The Morgan fingerprint density at radius 3 is 2.84 bits per heavy atom. The number of hydrogen-bond acceptors (Lipinski definition) is 3. The maximum atomic E-state index is 5.51. The van der Waals surface area contributed by atoms with Gasteiger partial charge in [-0.25, -0.2) is 0 Å². The minimum Gasteiger partial charge on any atom is -0.379 e. The summed E-state index contributed by atoms with van der Waals surface area (Å²) >= 11 is 0. The van der Waals surface area contributed by atoms with E-state index < -0.39 is 0 Å². The molecule has 2 rings (SSSR count). The fourth-order valence-electron chi connectivity index (χ4n) is 2.83. The predicted octanol–water partition coefficient (Wildman–Crippen LogP) is 2.28. The van der Waals surface area contributed by atoms with Crippen molar-refractivity contribution >= 4 is 0 Å². The van der Waals surface area contributed by atoms with E-state index in [1.165, 1.54) is 16.7 Å². The Bertz CT molecular complexity index is 419. The van der Waals surface area contributed by atoms with Gasteiger partial charge in [0.15, 0.2) is 0 Å². The SMILES string of the molecule is CNC(CN1CCOCC1C)c1ccc(C)cc1C. The van der Waals surface area contributed by atoms with Crippen LogP contribution < -0.4 is 5.32 Å². The molecule has 3 heteroatoms. The maximum Gasteiger partial charge on any atom is 0.0619 e. The average Bonchev–Trinajstić information content (AvgIpc) is 2.39. The van der Waals surface area contributed by atoms with Gasteiger partial charge < -0.3 is 10.1 Å². The summed E-state index contributed by atoms with van der Waals surface area (Å²) in [6.45, 7) is 10.4. The molecular weight excluding hydrogens is 236 g/mol. The highest BCUT2D eigenvalue weighted by atomic mass is 16.5. The van der Waals surface area contributed by atoms with Crippen molar-refractivity contribution < 1.29 is 4.74 Å². The smallest absolute Gasteiger partial charge is 0.0619 e. The fraction of sp³-hybridized carbons (Fsp3) is 0.625. The Labute approximate surface area is 116 Å². The molecule has 0 saturated carbocycles. The first-order chi connectivity index (χ1) is 9.11. The largest absolute Gasteiger partial charge is 0.379 e. The van der Waals surface area contributed by atoms with E-state index in [0.717, 1.165) is 26.3 Å². The van der Waals surface area contributed by atoms with Crippen molar-refractivity contribution in [1.29, 1.82) is 0 Å². The van der Waals surface area contributed by atoms with Gasteiger partial charge in [0.1, 0.15) is 0 Å². The Balaban J connectivity index is 2.10. The Morgan fingerprint density at radius 2 is 2.21 bits per heavy atom. The lowest BCUT2D eigenvalue weighted by atomic mass is 9.98. The van der Waals surface area contributed by atoms with Crippen molar-refractivity contribution in [2.75, 3.05) is 33.4 Å². The van der Waals surface area contributed by atoms with Crippen molar-refractivity contribution in [3.05, 3.63) is 34.9 Å². The van der Waals surface area contributed by atoms with Crippen LogP contribution in [0.2, 0.25) is 0 Å². The molecular formula is C16H26N2O. The second kappa shape index (κ2) is 6.51. The van der Waals surface area contributed by atoms with E-state index in [1.54, 1.807) is 0 Å². The molecule has 1 aliphatic rings. The lowest BCUT2D eigenvalue weighted by Crippen LogP contribution is -2.47. The van der Waals surface area contributed by atoms with E-state index >= 15 is 0 Å². The third-order valence-electron chi connectivity index (χ3n) is 4.07. The molecule has 1 heterocycles. The van der Waals surface area contributed by atoms with E-state index in [1.807, 2.05) is 0 Å². The number of nitrogens with zero attached hydrogens (tertiary/aromatic N) is 1. The van der Waals surface area contributed by atoms with Crippen LogP contribution in [0.1, 0.15) is 29.7 Å². The number of ether oxygens (including phenoxy) is 1. The van der Waals surface area contributed by atoms with Crippen LogP contribution in [0.4, 0.5) is 0 Å². The summed E-state index contributed by atoms with van der Waals surface area (Å²) in [4.78, 5) is 2.52. The lowest BCUT2D eigenvalue weighted by Gasteiger charge is -2.36. The van der Waals surface area contributed by atoms with Crippen LogP contribution in [0.5, 0.6) is 0 Å². The summed E-state index contributed by atoms with van der Waals surface area (Å²) in [7, 11) is 2.05. The highest BCUT2D eigenvalue weighted by molar-refractivity contribution is 5.33. The van der Waals surface area contributed by atoms with Crippen LogP contribution in [0, 0.1) is 13.8 Å². The maximum absolute atomic E-state index is 5.51. The van der Waals surface area contributed by atoms with Crippen molar-refractivity contribution in [2.24, 2.45) is 0 Å². The van der Waals surface area contributed by atoms with Gasteiger partial charge in [-0.1, -0.05) is 23.8 Å². The highest BCUT2D eigenvalue weighted by Crippen LogP contribution is 2.21. The fourth-order valence-corrected chi connectivity index (χ4v) is 2.83. The van der Waals surface area contributed by atoms with E-state index in [2.05, 4.69) is 56.2 Å². The molecule has 0 aliphatic carbocycles. The highest BCUT2D eigenvalue weighted by Gasteiger charge is 2.23. The van der Waals surface area contributed by atoms with Crippen LogP contribution in [0.15, 0.2) is 18.2 Å². The third-order valence-corrected chi connectivity index (χ3v) is 4.07. The molecule has 0 aromatic heterocycles. The zero-order valence-electron chi connectivity index (χ0n) is 12.6. The number of nitrogens with one attached hydrogen (secondary N) is 1. The van der Waals surface area contributed by atoms with Gasteiger partial charge in [-0.05, 0) is 38.9 Å². The summed E-state index contributed by atoms with van der Waals surface area (Å²) in [5.41, 5.74) is 4.11. The molecule has 2 unspecified atom stereocenters. The molecule has 1 saturated heterocycles. The van der Waals surface area contributed by atoms with Crippen LogP contribution in [-0.4, -0.2) is 44.3 Å². The topological polar surface area (TPSA) is 24.5 Å². The molecule has 0 bridgehead atoms. The number of likely N-dealkylation sites (N-methyl/N-ethyl adjacent to an activating group) is 1. The molecule has 106 valence electrons. The molecule has 1 N–H and O–H groups in total. The Kier molecular flexibility index (Phi) is 4.97. The van der Waals surface area contributed by atoms with Crippen LogP contribution in [-0.2, 0) is 4.74 Å². The van der Waals surface area contributed by atoms with E-state index in [9.17, 15) is 0 Å². The Morgan fingerprint density at radius 1 is 1.42 bits per heavy atom. The number of morpholine rings is 1. The second-order valence-corrected chi connectivity index (χ2v) is 5.62. The molecule has 0 radical (unpaired) electrons. The van der Waals surface area contributed by atoms with Crippen LogP contribution >= 0.6 is 0 Å². The van der Waals surface area contributed by atoms with Crippen molar-refractivity contribution in [2.45, 2.75) is 32.9 Å². The van der Waals surface area contributed by atoms with Crippen molar-refractivity contribution in [3.63, 3.8) is 0 Å². The predicted molar refractivity (Wildman–Crippen MR) is 79.6 cm³/mol. The zero-order valence-corrected chi connectivity index (χ0v) is 12.6. The standard InChI is InChI=1S/C16H26N2O/c1-12-5-6-15(13(2)9-12)16(17-4)10-18-7-8-19-11-14(18)3/h5-6,9,14,16-17H,7-8,10-11H2,1-4H3. The van der Waals surface area contributed by atoms with Crippen molar-refractivity contribution in [1.82, 2.24) is 10.2 Å². The van der Waals surface area contributed by atoms with Crippen LogP contribution in [0.25, 0.3) is 0 Å². The molecule has 1 fully saturated rings. The number of aryl methyl sites for hydroxylation is 2. The zero-order chi connectivity index (χ0) is 13.8. The van der Waals surface area contributed by atoms with Gasteiger partial charge >= 0.3 is 0 Å². The minimum atomic E-state index is 0.390. The van der Waals surface area contributed by atoms with Gasteiger partial charge in [-0.2, -0.15) is 0 Å². The lowest BCUT2D eigenvalue weighted by molar-refractivity contribution is -0.00418. The average molecular weight is 262 g/mol. The van der Waals surface area contributed by atoms with Crippen molar-refractivity contribution in [3.8, 4) is 0 Å². The van der Waals surface area contributed by atoms with Gasteiger partial charge in [0.2, 0.25) is 0 Å². The summed E-state index contributed by atoms with van der Waals surface area (Å²) in [5, 5.41) is 3.46.